The molecule has 1 amide bonds. The van der Waals surface area contributed by atoms with Crippen LogP contribution in [0.25, 0.3) is 10.2 Å². The molecule has 3 rings (SSSR count). The van der Waals surface area contributed by atoms with Crippen molar-refractivity contribution in [3.63, 3.8) is 0 Å². The Bertz CT molecular complexity index is 1040. The number of esters is 1. The molecule has 0 unspecified atom stereocenters. The van der Waals surface area contributed by atoms with Crippen LogP contribution in [0.15, 0.2) is 30.3 Å². The molecule has 0 saturated heterocycles. The maximum Gasteiger partial charge on any atom is 0.349 e. The SMILES string of the molecule is Cc1ccc(Cn2nc(C)c3cc(C(=O)O[C@@H](C)C(=O)NC(C)(C)C)sc32)cc1. The summed E-state index contributed by atoms with van der Waals surface area (Å²) in [5.41, 5.74) is 2.83. The molecule has 29 heavy (non-hydrogen) atoms. The van der Waals surface area contributed by atoms with Crippen LogP contribution in [-0.2, 0) is 16.1 Å². The molecule has 7 heteroatoms. The van der Waals surface area contributed by atoms with Gasteiger partial charge in [0.25, 0.3) is 5.91 Å². The van der Waals surface area contributed by atoms with Crippen LogP contribution in [0, 0.1) is 13.8 Å². The average molecular weight is 414 g/mol. The third-order valence-corrected chi connectivity index (χ3v) is 5.54. The number of hydrogen-bond donors (Lipinski definition) is 1. The normalized spacial score (nSPS) is 12.8. The summed E-state index contributed by atoms with van der Waals surface area (Å²) in [5, 5.41) is 8.36. The lowest BCUT2D eigenvalue weighted by Crippen LogP contribution is -2.46. The number of carbonyl (C=O) groups is 2. The number of aromatic nitrogens is 2. The maximum atomic E-state index is 12.6. The van der Waals surface area contributed by atoms with E-state index < -0.39 is 12.1 Å². The van der Waals surface area contributed by atoms with Gasteiger partial charge in [0.15, 0.2) is 6.10 Å². The summed E-state index contributed by atoms with van der Waals surface area (Å²) in [6, 6.07) is 10.1. The predicted octanol–water partition coefficient (Wildman–Crippen LogP) is 4.22. The number of benzene rings is 1. The number of hydrogen-bond acceptors (Lipinski definition) is 5. The molecule has 154 valence electrons. The molecule has 6 nitrogen and oxygen atoms in total. The summed E-state index contributed by atoms with van der Waals surface area (Å²) < 4.78 is 7.29. The third-order valence-electron chi connectivity index (χ3n) is 4.41. The Labute approximate surface area is 174 Å². The van der Waals surface area contributed by atoms with E-state index in [2.05, 4.69) is 41.6 Å². The summed E-state index contributed by atoms with van der Waals surface area (Å²) in [6.07, 6.45) is -0.864. The van der Waals surface area contributed by atoms with Crippen molar-refractivity contribution in [2.45, 2.75) is 59.7 Å². The van der Waals surface area contributed by atoms with Crippen LogP contribution in [0.1, 0.15) is 54.2 Å². The molecule has 0 bridgehead atoms. The second kappa shape index (κ2) is 7.99. The van der Waals surface area contributed by atoms with Crippen LogP contribution in [0.4, 0.5) is 0 Å². The topological polar surface area (TPSA) is 73.2 Å². The summed E-state index contributed by atoms with van der Waals surface area (Å²) in [6.45, 7) is 11.8. The fourth-order valence-electron chi connectivity index (χ4n) is 2.93. The fourth-order valence-corrected chi connectivity index (χ4v) is 3.97. The largest absolute Gasteiger partial charge is 0.448 e. The standard InChI is InChI=1S/C22H27N3O3S/c1-13-7-9-16(10-8-13)12-25-20-17(14(2)24-25)11-18(29-20)21(27)28-15(3)19(26)23-22(4,5)6/h7-11,15H,12H2,1-6H3,(H,23,26)/t15-/m0/s1. The van der Waals surface area contributed by atoms with E-state index in [4.69, 9.17) is 4.74 Å². The smallest absolute Gasteiger partial charge is 0.349 e. The van der Waals surface area contributed by atoms with Crippen molar-refractivity contribution in [3.8, 4) is 0 Å². The second-order valence-corrected chi connectivity index (χ2v) is 9.38. The van der Waals surface area contributed by atoms with E-state index in [1.54, 1.807) is 13.0 Å². The molecule has 0 aliphatic heterocycles. The first kappa shape index (κ1) is 21.0. The number of rotatable bonds is 5. The van der Waals surface area contributed by atoms with Gasteiger partial charge in [-0.05, 0) is 53.2 Å². The highest BCUT2D eigenvalue weighted by Gasteiger charge is 2.24. The highest BCUT2D eigenvalue weighted by molar-refractivity contribution is 7.20. The van der Waals surface area contributed by atoms with Crippen molar-refractivity contribution in [2.75, 3.05) is 0 Å². The van der Waals surface area contributed by atoms with E-state index in [0.29, 0.717) is 11.4 Å². The van der Waals surface area contributed by atoms with Crippen molar-refractivity contribution >= 4 is 33.4 Å². The van der Waals surface area contributed by atoms with Crippen LogP contribution in [0.3, 0.4) is 0 Å². The molecular weight excluding hydrogens is 386 g/mol. The number of nitrogens with one attached hydrogen (secondary N) is 1. The highest BCUT2D eigenvalue weighted by Crippen LogP contribution is 2.29. The van der Waals surface area contributed by atoms with Crippen molar-refractivity contribution in [1.29, 1.82) is 0 Å². The van der Waals surface area contributed by atoms with Crippen LogP contribution < -0.4 is 5.32 Å². The fraction of sp³-hybridized carbons (Fsp3) is 0.409. The minimum Gasteiger partial charge on any atom is -0.448 e. The summed E-state index contributed by atoms with van der Waals surface area (Å²) >= 11 is 1.34. The first-order chi connectivity index (χ1) is 13.5. The van der Waals surface area contributed by atoms with Crippen LogP contribution >= 0.6 is 11.3 Å². The van der Waals surface area contributed by atoms with Gasteiger partial charge in [0.1, 0.15) is 9.71 Å². The van der Waals surface area contributed by atoms with Gasteiger partial charge >= 0.3 is 5.97 Å². The second-order valence-electron chi connectivity index (χ2n) is 8.34. The molecule has 2 aromatic heterocycles. The van der Waals surface area contributed by atoms with Crippen LogP contribution in [-0.4, -0.2) is 33.3 Å². The first-order valence-corrected chi connectivity index (χ1v) is 10.4. The summed E-state index contributed by atoms with van der Waals surface area (Å²) in [5.74, 6) is -0.808. The third kappa shape index (κ3) is 5.03. The lowest BCUT2D eigenvalue weighted by Gasteiger charge is -2.23. The van der Waals surface area contributed by atoms with Crippen LogP contribution in [0.5, 0.6) is 0 Å². The quantitative estimate of drug-likeness (QED) is 0.636. The minimum atomic E-state index is -0.864. The maximum absolute atomic E-state index is 12.6. The van der Waals surface area contributed by atoms with Crippen molar-refractivity contribution in [3.05, 3.63) is 52.0 Å². The number of aryl methyl sites for hydroxylation is 2. The Morgan fingerprint density at radius 2 is 1.86 bits per heavy atom. The number of thiophene rings is 1. The van der Waals surface area contributed by atoms with Gasteiger partial charge < -0.3 is 10.1 Å². The molecular formula is C22H27N3O3S. The van der Waals surface area contributed by atoms with E-state index in [9.17, 15) is 9.59 Å². The van der Waals surface area contributed by atoms with Gasteiger partial charge in [-0.1, -0.05) is 29.8 Å². The molecule has 3 aromatic rings. The van der Waals surface area contributed by atoms with E-state index in [1.165, 1.54) is 16.9 Å². The molecule has 0 fully saturated rings. The Kier molecular flexibility index (Phi) is 5.80. The number of fused-ring (bicyclic) bond motifs is 1. The zero-order valence-electron chi connectivity index (χ0n) is 17.7. The zero-order chi connectivity index (χ0) is 21.3. The molecule has 0 radical (unpaired) electrons. The predicted molar refractivity (Wildman–Crippen MR) is 115 cm³/mol. The highest BCUT2D eigenvalue weighted by atomic mass is 32.1. The van der Waals surface area contributed by atoms with Gasteiger partial charge in [0, 0.05) is 10.9 Å². The van der Waals surface area contributed by atoms with Gasteiger partial charge in [-0.3, -0.25) is 9.48 Å². The first-order valence-electron chi connectivity index (χ1n) is 9.59. The molecule has 0 aliphatic carbocycles. The molecule has 2 heterocycles. The molecule has 1 atom stereocenters. The van der Waals surface area contributed by atoms with E-state index in [1.807, 2.05) is 32.4 Å². The Balaban J connectivity index is 1.78. The lowest BCUT2D eigenvalue weighted by molar-refractivity contribution is -0.130. The van der Waals surface area contributed by atoms with Gasteiger partial charge in [-0.25, -0.2) is 4.79 Å². The van der Waals surface area contributed by atoms with Crippen LogP contribution in [0.2, 0.25) is 0 Å². The van der Waals surface area contributed by atoms with Crippen molar-refractivity contribution in [2.24, 2.45) is 0 Å². The van der Waals surface area contributed by atoms with E-state index in [0.717, 1.165) is 21.5 Å². The lowest BCUT2D eigenvalue weighted by atomic mass is 10.1. The Morgan fingerprint density at radius 3 is 2.48 bits per heavy atom. The molecule has 0 aliphatic rings. The number of amides is 1. The number of carbonyl (C=O) groups excluding carboxylic acids is 2. The van der Waals surface area contributed by atoms with Crippen molar-refractivity contribution in [1.82, 2.24) is 15.1 Å². The van der Waals surface area contributed by atoms with E-state index >= 15 is 0 Å². The zero-order valence-corrected chi connectivity index (χ0v) is 18.5. The minimum absolute atomic E-state index is 0.311. The van der Waals surface area contributed by atoms with Gasteiger partial charge in [0.2, 0.25) is 0 Å². The monoisotopic (exact) mass is 413 g/mol. The van der Waals surface area contributed by atoms with Crippen molar-refractivity contribution < 1.29 is 14.3 Å². The van der Waals surface area contributed by atoms with E-state index in [-0.39, 0.29) is 11.4 Å². The number of nitrogens with zero attached hydrogens (tertiary/aromatic N) is 2. The molecule has 1 N–H and O–H groups in total. The van der Waals surface area contributed by atoms with Gasteiger partial charge in [-0.2, -0.15) is 5.10 Å². The molecule has 0 saturated carbocycles. The average Bonchev–Trinajstić information content (AvgIpc) is 3.17. The number of ether oxygens (including phenoxy) is 1. The summed E-state index contributed by atoms with van der Waals surface area (Å²) in [7, 11) is 0. The Hall–Kier alpha value is -2.67. The molecule has 1 aromatic carbocycles. The van der Waals surface area contributed by atoms with Gasteiger partial charge in [-0.15, -0.1) is 11.3 Å². The Morgan fingerprint density at radius 1 is 1.21 bits per heavy atom. The van der Waals surface area contributed by atoms with Gasteiger partial charge in [0.05, 0.1) is 12.2 Å². The molecule has 0 spiro atoms. The summed E-state index contributed by atoms with van der Waals surface area (Å²) in [4.78, 5) is 26.2.